The fourth-order valence-electron chi connectivity index (χ4n) is 3.76. The first-order chi connectivity index (χ1) is 12.0. The van der Waals surface area contributed by atoms with E-state index < -0.39 is 0 Å². The zero-order chi connectivity index (χ0) is 17.4. The Kier molecular flexibility index (Phi) is 4.93. The summed E-state index contributed by atoms with van der Waals surface area (Å²) in [7, 11) is 0. The number of hydrogen-bond acceptors (Lipinski definition) is 4. The van der Waals surface area contributed by atoms with Crippen LogP contribution in [-0.4, -0.2) is 53.8 Å². The zero-order valence-electron chi connectivity index (χ0n) is 14.0. The van der Waals surface area contributed by atoms with Gasteiger partial charge in [-0.2, -0.15) is 0 Å². The summed E-state index contributed by atoms with van der Waals surface area (Å²) in [5.41, 5.74) is 0.108. The molecule has 3 aliphatic rings. The molecule has 0 radical (unpaired) electrons. The molecule has 1 spiro atoms. The minimum absolute atomic E-state index is 0.112. The van der Waals surface area contributed by atoms with Crippen molar-refractivity contribution in [2.24, 2.45) is 5.92 Å². The summed E-state index contributed by atoms with van der Waals surface area (Å²) in [4.78, 5) is 18.7. The van der Waals surface area contributed by atoms with Crippen molar-refractivity contribution in [3.05, 3.63) is 28.0 Å². The maximum Gasteiger partial charge on any atom is 0.257 e. The van der Waals surface area contributed by atoms with Gasteiger partial charge in [0.2, 0.25) is 0 Å². The lowest BCUT2D eigenvalue weighted by Gasteiger charge is -2.39. The number of halogens is 2. The third-order valence-electron chi connectivity index (χ3n) is 5.32. The van der Waals surface area contributed by atoms with Gasteiger partial charge in [-0.1, -0.05) is 23.2 Å². The lowest BCUT2D eigenvalue weighted by atomic mass is 9.89. The molecule has 4 rings (SSSR count). The van der Waals surface area contributed by atoms with E-state index in [-0.39, 0.29) is 22.8 Å². The maximum absolute atomic E-state index is 12.8. The minimum Gasteiger partial charge on any atom is -0.375 e. The second-order valence-electron chi connectivity index (χ2n) is 7.41. The summed E-state index contributed by atoms with van der Waals surface area (Å²) in [6, 6.07) is 1.50. The average molecular weight is 385 g/mol. The Morgan fingerprint density at radius 1 is 1.44 bits per heavy atom. The van der Waals surface area contributed by atoms with Crippen molar-refractivity contribution >= 4 is 29.1 Å². The summed E-state index contributed by atoms with van der Waals surface area (Å²) in [5, 5.41) is 0.619. The lowest BCUT2D eigenvalue weighted by Crippen LogP contribution is -2.50. The van der Waals surface area contributed by atoms with Gasteiger partial charge in [0.15, 0.2) is 0 Å². The van der Waals surface area contributed by atoms with Crippen LogP contribution in [-0.2, 0) is 9.47 Å². The van der Waals surface area contributed by atoms with Crippen LogP contribution in [0, 0.1) is 5.92 Å². The Morgan fingerprint density at radius 3 is 3.04 bits per heavy atom. The average Bonchev–Trinajstić information content (AvgIpc) is 3.35. The number of nitrogens with zero attached hydrogens (tertiary/aromatic N) is 2. The van der Waals surface area contributed by atoms with Crippen LogP contribution in [0.15, 0.2) is 12.3 Å². The van der Waals surface area contributed by atoms with Crippen LogP contribution < -0.4 is 0 Å². The Bertz CT molecular complexity index is 668. The van der Waals surface area contributed by atoms with E-state index in [9.17, 15) is 4.79 Å². The zero-order valence-corrected chi connectivity index (χ0v) is 15.6. The molecule has 0 aromatic carbocycles. The fourth-order valence-corrected chi connectivity index (χ4v) is 4.20. The summed E-state index contributed by atoms with van der Waals surface area (Å²) in [6.07, 6.45) is 6.91. The van der Waals surface area contributed by atoms with Gasteiger partial charge in [0.05, 0.1) is 35.4 Å². The number of hydrogen-bond donors (Lipinski definition) is 0. The molecule has 1 saturated carbocycles. The molecule has 1 aromatic rings. The fraction of sp³-hybridized carbons (Fsp3) is 0.667. The number of piperidine rings is 1. The number of carbonyl (C=O) groups is 1. The van der Waals surface area contributed by atoms with Crippen molar-refractivity contribution in [1.29, 1.82) is 0 Å². The van der Waals surface area contributed by atoms with Gasteiger partial charge in [-0.05, 0) is 37.7 Å². The Morgan fingerprint density at radius 2 is 2.28 bits per heavy atom. The van der Waals surface area contributed by atoms with Gasteiger partial charge < -0.3 is 14.4 Å². The van der Waals surface area contributed by atoms with Crippen LogP contribution in [0.3, 0.4) is 0 Å². The predicted molar refractivity (Wildman–Crippen MR) is 95.2 cm³/mol. The summed E-state index contributed by atoms with van der Waals surface area (Å²) < 4.78 is 12.1. The molecule has 136 valence electrons. The molecule has 1 amide bonds. The number of amides is 1. The van der Waals surface area contributed by atoms with Crippen LogP contribution in [0.1, 0.15) is 42.5 Å². The quantitative estimate of drug-likeness (QED) is 0.744. The summed E-state index contributed by atoms with van der Waals surface area (Å²) in [6.45, 7) is 2.75. The SMILES string of the molecule is O=C(c1cnc(Cl)cc1Cl)N1CCC[C@@]2(C[C@@H](OCC3CC3)CO2)C1. The van der Waals surface area contributed by atoms with Crippen LogP contribution in [0.25, 0.3) is 0 Å². The molecule has 3 fully saturated rings. The van der Waals surface area contributed by atoms with Gasteiger partial charge in [-0.3, -0.25) is 4.79 Å². The Labute approximate surface area is 157 Å². The van der Waals surface area contributed by atoms with Crippen molar-refractivity contribution in [1.82, 2.24) is 9.88 Å². The van der Waals surface area contributed by atoms with Crippen molar-refractivity contribution in [3.63, 3.8) is 0 Å². The molecule has 5 nitrogen and oxygen atoms in total. The second-order valence-corrected chi connectivity index (χ2v) is 8.21. The molecule has 0 bridgehead atoms. The third kappa shape index (κ3) is 3.95. The first kappa shape index (κ1) is 17.5. The van der Waals surface area contributed by atoms with Crippen molar-refractivity contribution in [3.8, 4) is 0 Å². The van der Waals surface area contributed by atoms with Crippen LogP contribution in [0.4, 0.5) is 0 Å². The van der Waals surface area contributed by atoms with Crippen LogP contribution in [0.2, 0.25) is 10.2 Å². The highest BCUT2D eigenvalue weighted by Gasteiger charge is 2.45. The van der Waals surface area contributed by atoms with Gasteiger partial charge in [0, 0.05) is 25.8 Å². The molecular formula is C18H22Cl2N2O3. The molecule has 2 aliphatic heterocycles. The van der Waals surface area contributed by atoms with Crippen LogP contribution >= 0.6 is 23.2 Å². The monoisotopic (exact) mass is 384 g/mol. The topological polar surface area (TPSA) is 51.7 Å². The molecule has 1 aliphatic carbocycles. The first-order valence-electron chi connectivity index (χ1n) is 8.91. The standard InChI is InChI=1S/C18H22Cl2N2O3/c19-15-6-16(20)21-8-14(15)17(23)22-5-1-4-18(11-22)7-13(10-25-18)24-9-12-2-3-12/h6,8,12-13H,1-5,7,9-11H2/t13-,18-/m1/s1. The van der Waals surface area contributed by atoms with E-state index in [1.807, 2.05) is 4.90 Å². The van der Waals surface area contributed by atoms with Crippen molar-refractivity contribution in [2.75, 3.05) is 26.3 Å². The highest BCUT2D eigenvalue weighted by atomic mass is 35.5. The molecule has 7 heteroatoms. The minimum atomic E-state index is -0.283. The number of pyridine rings is 1. The van der Waals surface area contributed by atoms with Gasteiger partial charge in [0.25, 0.3) is 5.91 Å². The molecule has 0 unspecified atom stereocenters. The molecule has 2 saturated heterocycles. The number of likely N-dealkylation sites (tertiary alicyclic amines) is 1. The molecular weight excluding hydrogens is 363 g/mol. The van der Waals surface area contributed by atoms with E-state index in [1.54, 1.807) is 0 Å². The van der Waals surface area contributed by atoms with E-state index in [1.165, 1.54) is 25.1 Å². The highest BCUT2D eigenvalue weighted by molar-refractivity contribution is 6.36. The van der Waals surface area contributed by atoms with Crippen LogP contribution in [0.5, 0.6) is 0 Å². The van der Waals surface area contributed by atoms with E-state index in [4.69, 9.17) is 32.7 Å². The highest BCUT2D eigenvalue weighted by Crippen LogP contribution is 2.38. The summed E-state index contributed by atoms with van der Waals surface area (Å²) in [5.74, 6) is 0.639. The molecule has 25 heavy (non-hydrogen) atoms. The number of carbonyl (C=O) groups excluding carboxylic acids is 1. The largest absolute Gasteiger partial charge is 0.375 e. The number of aromatic nitrogens is 1. The number of ether oxygens (including phenoxy) is 2. The number of rotatable bonds is 4. The molecule has 3 heterocycles. The van der Waals surface area contributed by atoms with Gasteiger partial charge in [0.1, 0.15) is 5.15 Å². The van der Waals surface area contributed by atoms with E-state index >= 15 is 0 Å². The summed E-state index contributed by atoms with van der Waals surface area (Å²) >= 11 is 12.0. The first-order valence-corrected chi connectivity index (χ1v) is 9.66. The predicted octanol–water partition coefficient (Wildman–Crippen LogP) is 3.58. The maximum atomic E-state index is 12.8. The van der Waals surface area contributed by atoms with Gasteiger partial charge >= 0.3 is 0 Å². The second kappa shape index (κ2) is 7.03. The van der Waals surface area contributed by atoms with Crippen molar-refractivity contribution < 1.29 is 14.3 Å². The molecule has 1 aromatic heterocycles. The van der Waals surface area contributed by atoms with E-state index in [2.05, 4.69) is 4.98 Å². The molecule has 0 N–H and O–H groups in total. The van der Waals surface area contributed by atoms with E-state index in [0.29, 0.717) is 30.3 Å². The Hall–Kier alpha value is -0.880. The third-order valence-corrected chi connectivity index (χ3v) is 5.84. The van der Waals surface area contributed by atoms with Gasteiger partial charge in [-0.15, -0.1) is 0 Å². The Balaban J connectivity index is 1.41. The lowest BCUT2D eigenvalue weighted by molar-refractivity contribution is -0.0465. The normalized spacial score (nSPS) is 29.4. The smallest absolute Gasteiger partial charge is 0.257 e. The molecule has 2 atom stereocenters. The van der Waals surface area contributed by atoms with Crippen molar-refractivity contribution in [2.45, 2.75) is 43.8 Å². The van der Waals surface area contributed by atoms with E-state index in [0.717, 1.165) is 31.8 Å². The van der Waals surface area contributed by atoms with Gasteiger partial charge in [-0.25, -0.2) is 4.98 Å².